The van der Waals surface area contributed by atoms with Crippen LogP contribution < -0.4 is 10.2 Å². The zero-order valence-corrected chi connectivity index (χ0v) is 19.8. The number of nitrogens with one attached hydrogen (secondary N) is 1. The van der Waals surface area contributed by atoms with Crippen LogP contribution in [0.3, 0.4) is 0 Å². The minimum Gasteiger partial charge on any atom is -0.354 e. The lowest BCUT2D eigenvalue weighted by Crippen LogP contribution is -2.53. The van der Waals surface area contributed by atoms with Crippen LogP contribution in [0.4, 0.5) is 19.4 Å². The second-order valence-corrected chi connectivity index (χ2v) is 10.3. The number of carbonyl (C=O) groups excluding carboxylic acids is 1. The lowest BCUT2D eigenvalue weighted by Gasteiger charge is -2.34. The molecule has 1 aromatic heterocycles. The number of likely N-dealkylation sites (N-methyl/N-ethyl adjacent to an activating group) is 1. The van der Waals surface area contributed by atoms with Crippen LogP contribution in [0.1, 0.15) is 5.56 Å². The number of anilines is 1. The van der Waals surface area contributed by atoms with Crippen LogP contribution >= 0.6 is 0 Å². The van der Waals surface area contributed by atoms with E-state index in [-0.39, 0.29) is 32.2 Å². The number of hydrogen-bond donors (Lipinski definition) is 1. The van der Waals surface area contributed by atoms with Crippen molar-refractivity contribution < 1.29 is 22.0 Å². The fraction of sp³-hybridized carbons (Fsp3) is 0.455. The molecule has 1 N–H and O–H groups in total. The molecule has 1 aromatic carbocycles. The molecule has 0 radical (unpaired) electrons. The highest BCUT2D eigenvalue weighted by Crippen LogP contribution is 2.22. The molecule has 2 aliphatic heterocycles. The van der Waals surface area contributed by atoms with Gasteiger partial charge in [-0.2, -0.15) is 4.31 Å². The topological polar surface area (TPSA) is 89.1 Å². The van der Waals surface area contributed by atoms with Gasteiger partial charge in [-0.15, -0.1) is 0 Å². The number of benzene rings is 1. The van der Waals surface area contributed by atoms with Crippen LogP contribution in [0, 0.1) is 11.6 Å². The van der Waals surface area contributed by atoms with Crippen molar-refractivity contribution in [2.45, 2.75) is 11.4 Å². The first-order chi connectivity index (χ1) is 16.2. The van der Waals surface area contributed by atoms with Crippen molar-refractivity contribution in [2.75, 3.05) is 64.3 Å². The summed E-state index contributed by atoms with van der Waals surface area (Å²) in [5.41, 5.74) is 0.917. The van der Waals surface area contributed by atoms with Gasteiger partial charge in [0.05, 0.1) is 0 Å². The van der Waals surface area contributed by atoms with Crippen molar-refractivity contribution in [3.05, 3.63) is 53.7 Å². The van der Waals surface area contributed by atoms with Gasteiger partial charge in [-0.25, -0.2) is 27.0 Å². The van der Waals surface area contributed by atoms with Crippen LogP contribution in [0.15, 0.2) is 41.4 Å². The number of hydrogen-bond acceptors (Lipinski definition) is 6. The number of halogens is 2. The normalized spacial score (nSPS) is 18.2. The largest absolute Gasteiger partial charge is 0.354 e. The highest BCUT2D eigenvalue weighted by atomic mass is 32.2. The Kier molecular flexibility index (Phi) is 7.29. The summed E-state index contributed by atoms with van der Waals surface area (Å²) in [7, 11) is -2.10. The summed E-state index contributed by atoms with van der Waals surface area (Å²) in [4.78, 5) is 22.4. The summed E-state index contributed by atoms with van der Waals surface area (Å²) in [5.74, 6) is -0.956. The van der Waals surface area contributed by atoms with E-state index in [4.69, 9.17) is 0 Å². The summed E-state index contributed by atoms with van der Waals surface area (Å²) in [6, 6.07) is 5.83. The molecule has 9 nitrogen and oxygen atoms in total. The molecule has 12 heteroatoms. The van der Waals surface area contributed by atoms with Gasteiger partial charge in [0, 0.05) is 65.1 Å². The Hall–Kier alpha value is -2.83. The molecule has 0 bridgehead atoms. The summed E-state index contributed by atoms with van der Waals surface area (Å²) < 4.78 is 54.0. The van der Waals surface area contributed by atoms with Gasteiger partial charge in [0.25, 0.3) is 0 Å². The Morgan fingerprint density at radius 2 is 1.71 bits per heavy atom. The number of urea groups is 1. The van der Waals surface area contributed by atoms with Crippen molar-refractivity contribution >= 4 is 21.9 Å². The van der Waals surface area contributed by atoms with Gasteiger partial charge < -0.3 is 20.0 Å². The molecular weight excluding hydrogens is 466 g/mol. The highest BCUT2D eigenvalue weighted by Gasteiger charge is 2.32. The molecule has 2 aliphatic rings. The summed E-state index contributed by atoms with van der Waals surface area (Å²) in [5, 5.41) is 2.86. The second-order valence-electron chi connectivity index (χ2n) is 8.44. The molecule has 34 heavy (non-hydrogen) atoms. The van der Waals surface area contributed by atoms with Gasteiger partial charge >= 0.3 is 6.03 Å². The molecule has 0 aliphatic carbocycles. The number of piperazine rings is 2. The van der Waals surface area contributed by atoms with Crippen LogP contribution in [-0.4, -0.2) is 92.9 Å². The van der Waals surface area contributed by atoms with E-state index in [0.717, 1.165) is 54.0 Å². The van der Waals surface area contributed by atoms with E-state index >= 15 is 0 Å². The third-order valence-electron chi connectivity index (χ3n) is 6.12. The Morgan fingerprint density at radius 3 is 2.41 bits per heavy atom. The van der Waals surface area contributed by atoms with Crippen molar-refractivity contribution in [1.29, 1.82) is 0 Å². The Balaban J connectivity index is 1.30. The predicted molar refractivity (Wildman–Crippen MR) is 123 cm³/mol. The molecule has 0 unspecified atom stereocenters. The van der Waals surface area contributed by atoms with Gasteiger partial charge in [-0.05, 0) is 42.9 Å². The minimum absolute atomic E-state index is 0.00544. The molecule has 2 fully saturated rings. The number of sulfonamides is 1. The maximum atomic E-state index is 14.0. The average Bonchev–Trinajstić information content (AvgIpc) is 2.84. The number of amides is 2. The van der Waals surface area contributed by atoms with Crippen LogP contribution in [0.5, 0.6) is 0 Å². The molecule has 2 saturated heterocycles. The quantitative estimate of drug-likeness (QED) is 0.675. The first kappa shape index (κ1) is 24.3. The van der Waals surface area contributed by atoms with E-state index in [1.54, 1.807) is 6.20 Å². The number of carbonyl (C=O) groups is 1. The first-order valence-electron chi connectivity index (χ1n) is 11.1. The average molecular weight is 495 g/mol. The summed E-state index contributed by atoms with van der Waals surface area (Å²) in [6.07, 6.45) is 1.73. The van der Waals surface area contributed by atoms with Gasteiger partial charge in [0.15, 0.2) is 0 Å². The van der Waals surface area contributed by atoms with Crippen molar-refractivity contribution in [3.8, 4) is 0 Å². The molecule has 3 heterocycles. The monoisotopic (exact) mass is 494 g/mol. The molecule has 4 rings (SSSR count). The lowest BCUT2D eigenvalue weighted by atomic mass is 10.2. The molecule has 184 valence electrons. The Labute approximate surface area is 198 Å². The highest BCUT2D eigenvalue weighted by molar-refractivity contribution is 7.89. The van der Waals surface area contributed by atoms with Crippen LogP contribution in [-0.2, 0) is 16.6 Å². The standard InChI is InChI=1S/C22H28F2N6O3S/c1-27-6-8-28(9-7-27)21-14-17(4-5-25-21)16-26-22(31)29-10-12-30(13-11-29)34(32,33)20-15-18(23)2-3-19(20)24/h2-5,14-15H,6-13,16H2,1H3,(H,26,31). The van der Waals surface area contributed by atoms with E-state index < -0.39 is 26.6 Å². The van der Waals surface area contributed by atoms with Crippen molar-refractivity contribution in [3.63, 3.8) is 0 Å². The van der Waals surface area contributed by atoms with Crippen LogP contribution in [0.2, 0.25) is 0 Å². The maximum Gasteiger partial charge on any atom is 0.317 e. The predicted octanol–water partition coefficient (Wildman–Crippen LogP) is 1.33. The van der Waals surface area contributed by atoms with Gasteiger partial charge in [0.1, 0.15) is 22.3 Å². The number of pyridine rings is 1. The molecular formula is C22H28F2N6O3S. The van der Waals surface area contributed by atoms with Gasteiger partial charge in [-0.3, -0.25) is 0 Å². The fourth-order valence-electron chi connectivity index (χ4n) is 4.01. The molecule has 0 spiro atoms. The molecule has 2 amide bonds. The Bertz CT molecular complexity index is 1130. The minimum atomic E-state index is -4.19. The molecule has 2 aromatic rings. The van der Waals surface area contributed by atoms with Crippen molar-refractivity contribution in [1.82, 2.24) is 24.4 Å². The summed E-state index contributed by atoms with van der Waals surface area (Å²) in [6.45, 7) is 4.32. The number of aromatic nitrogens is 1. The van der Waals surface area contributed by atoms with Crippen molar-refractivity contribution in [2.24, 2.45) is 0 Å². The zero-order chi connectivity index (χ0) is 24.3. The van der Waals surface area contributed by atoms with E-state index in [0.29, 0.717) is 12.6 Å². The molecule has 0 atom stereocenters. The maximum absolute atomic E-state index is 14.0. The smallest absolute Gasteiger partial charge is 0.317 e. The van der Waals surface area contributed by atoms with E-state index in [2.05, 4.69) is 27.1 Å². The third kappa shape index (κ3) is 5.45. The molecule has 0 saturated carbocycles. The number of rotatable bonds is 5. The second kappa shape index (κ2) is 10.2. The zero-order valence-electron chi connectivity index (χ0n) is 19.0. The van der Waals surface area contributed by atoms with Gasteiger partial charge in [0.2, 0.25) is 10.0 Å². The van der Waals surface area contributed by atoms with E-state index in [9.17, 15) is 22.0 Å². The SMILES string of the molecule is CN1CCN(c2cc(CNC(=O)N3CCN(S(=O)(=O)c4cc(F)ccc4F)CC3)ccn2)CC1. The van der Waals surface area contributed by atoms with E-state index in [1.165, 1.54) is 4.90 Å². The lowest BCUT2D eigenvalue weighted by molar-refractivity contribution is 0.172. The van der Waals surface area contributed by atoms with Crippen LogP contribution in [0.25, 0.3) is 0 Å². The van der Waals surface area contributed by atoms with Gasteiger partial charge in [-0.1, -0.05) is 0 Å². The fourth-order valence-corrected chi connectivity index (χ4v) is 5.51. The third-order valence-corrected chi connectivity index (χ3v) is 8.03. The van der Waals surface area contributed by atoms with E-state index in [1.807, 2.05) is 12.1 Å². The Morgan fingerprint density at radius 1 is 1.00 bits per heavy atom. The summed E-state index contributed by atoms with van der Waals surface area (Å²) >= 11 is 0. The number of nitrogens with zero attached hydrogens (tertiary/aromatic N) is 5. The first-order valence-corrected chi connectivity index (χ1v) is 12.5.